The van der Waals surface area contributed by atoms with Crippen LogP contribution >= 0.6 is 0 Å². The predicted octanol–water partition coefficient (Wildman–Crippen LogP) is 2.05. The van der Waals surface area contributed by atoms with Gasteiger partial charge in [0.05, 0.1) is 6.04 Å². The lowest BCUT2D eigenvalue weighted by atomic mass is 10.0. The fourth-order valence-electron chi connectivity index (χ4n) is 2.72. The van der Waals surface area contributed by atoms with Crippen molar-refractivity contribution in [3.8, 4) is 0 Å². The van der Waals surface area contributed by atoms with E-state index >= 15 is 0 Å². The number of amides is 2. The average Bonchev–Trinajstić information content (AvgIpc) is 2.62. The van der Waals surface area contributed by atoms with E-state index < -0.39 is 12.1 Å². The molecule has 0 spiro atoms. The second-order valence-electron chi connectivity index (χ2n) is 6.30. The van der Waals surface area contributed by atoms with Gasteiger partial charge in [-0.05, 0) is 24.5 Å². The first kappa shape index (κ1) is 19.4. The summed E-state index contributed by atoms with van der Waals surface area (Å²) in [5.74, 6) is -0.771. The molecule has 2 aromatic carbocycles. The molecule has 2 atom stereocenters. The lowest BCUT2D eigenvalue weighted by Gasteiger charge is -2.22. The molecule has 2 aromatic rings. The quantitative estimate of drug-likeness (QED) is 0.763. The van der Waals surface area contributed by atoms with E-state index in [4.69, 9.17) is 0 Å². The maximum atomic E-state index is 12.7. The Kier molecular flexibility index (Phi) is 7.09. The minimum Gasteiger partial charge on any atom is -0.344 e. The molecule has 2 amide bonds. The first-order valence-corrected chi connectivity index (χ1v) is 8.61. The second kappa shape index (κ2) is 9.51. The number of carbonyl (C=O) groups is 3. The van der Waals surface area contributed by atoms with E-state index in [1.54, 1.807) is 0 Å². The Balaban J connectivity index is 2.09. The molecule has 0 aliphatic carbocycles. The summed E-state index contributed by atoms with van der Waals surface area (Å²) in [7, 11) is 0. The fourth-order valence-corrected chi connectivity index (χ4v) is 2.72. The molecule has 0 bridgehead atoms. The predicted molar refractivity (Wildman–Crippen MR) is 101 cm³/mol. The van der Waals surface area contributed by atoms with Gasteiger partial charge in [-0.15, -0.1) is 0 Å². The molecule has 0 heterocycles. The molecular weight excluding hydrogens is 328 g/mol. The zero-order valence-electron chi connectivity index (χ0n) is 15.1. The number of hydrogen-bond acceptors (Lipinski definition) is 3. The van der Waals surface area contributed by atoms with Gasteiger partial charge in [0.2, 0.25) is 11.8 Å². The summed E-state index contributed by atoms with van der Waals surface area (Å²) >= 11 is 0. The van der Waals surface area contributed by atoms with E-state index in [9.17, 15) is 14.4 Å². The van der Waals surface area contributed by atoms with Crippen molar-refractivity contribution in [1.29, 1.82) is 0 Å². The third kappa shape index (κ3) is 6.16. The SMILES string of the molecule is CC(=O)N[C@@H](Cc1ccccc1)C(=O)N[C@@H](Cc1ccccc1)C(C)=O. The third-order valence-corrected chi connectivity index (χ3v) is 4.07. The van der Waals surface area contributed by atoms with Crippen LogP contribution in [0.1, 0.15) is 25.0 Å². The molecule has 0 unspecified atom stereocenters. The zero-order valence-corrected chi connectivity index (χ0v) is 15.1. The molecule has 5 heteroatoms. The van der Waals surface area contributed by atoms with Gasteiger partial charge in [-0.25, -0.2) is 0 Å². The van der Waals surface area contributed by atoms with Crippen molar-refractivity contribution in [2.75, 3.05) is 0 Å². The van der Waals surface area contributed by atoms with Crippen LogP contribution in [0, 0.1) is 0 Å². The summed E-state index contributed by atoms with van der Waals surface area (Å²) in [6, 6.07) is 17.6. The largest absolute Gasteiger partial charge is 0.344 e. The number of Topliss-reactive ketones (excluding diaryl/α,β-unsaturated/α-hetero) is 1. The Morgan fingerprint density at radius 1 is 0.731 bits per heavy atom. The van der Waals surface area contributed by atoms with E-state index in [-0.39, 0.29) is 17.6 Å². The topological polar surface area (TPSA) is 75.3 Å². The summed E-state index contributed by atoms with van der Waals surface area (Å²) in [5, 5.41) is 5.46. The van der Waals surface area contributed by atoms with Crippen LogP contribution in [0.25, 0.3) is 0 Å². The van der Waals surface area contributed by atoms with Gasteiger partial charge >= 0.3 is 0 Å². The standard InChI is InChI=1S/C21H24N2O3/c1-15(24)19(13-17-9-5-3-6-10-17)23-21(26)20(22-16(2)25)14-18-11-7-4-8-12-18/h3-12,19-20H,13-14H2,1-2H3,(H,22,25)(H,23,26)/t19-,20-/m0/s1. The molecule has 5 nitrogen and oxygen atoms in total. The molecule has 0 aliphatic heterocycles. The van der Waals surface area contributed by atoms with Crippen molar-refractivity contribution < 1.29 is 14.4 Å². The number of benzene rings is 2. The molecule has 0 aliphatic rings. The number of hydrogen-bond donors (Lipinski definition) is 2. The zero-order chi connectivity index (χ0) is 18.9. The molecule has 0 fully saturated rings. The van der Waals surface area contributed by atoms with E-state index in [1.807, 2.05) is 60.7 Å². The van der Waals surface area contributed by atoms with Crippen LogP contribution in [0.2, 0.25) is 0 Å². The van der Waals surface area contributed by atoms with E-state index in [1.165, 1.54) is 13.8 Å². The van der Waals surface area contributed by atoms with E-state index in [0.29, 0.717) is 12.8 Å². The Labute approximate surface area is 153 Å². The second-order valence-corrected chi connectivity index (χ2v) is 6.30. The normalized spacial score (nSPS) is 12.7. The summed E-state index contributed by atoms with van der Waals surface area (Å²) in [4.78, 5) is 36.2. The van der Waals surface area contributed by atoms with Crippen molar-refractivity contribution in [1.82, 2.24) is 10.6 Å². The van der Waals surface area contributed by atoms with Crippen LogP contribution in [0.4, 0.5) is 0 Å². The molecular formula is C21H24N2O3. The fraction of sp³-hybridized carbons (Fsp3) is 0.286. The Morgan fingerprint density at radius 3 is 1.62 bits per heavy atom. The highest BCUT2D eigenvalue weighted by molar-refractivity contribution is 5.92. The Morgan fingerprint density at radius 2 is 1.19 bits per heavy atom. The average molecular weight is 352 g/mol. The molecule has 2 rings (SSSR count). The van der Waals surface area contributed by atoms with Gasteiger partial charge in [0.25, 0.3) is 0 Å². The maximum absolute atomic E-state index is 12.7. The molecule has 26 heavy (non-hydrogen) atoms. The summed E-state index contributed by atoms with van der Waals surface area (Å²) in [5.41, 5.74) is 1.90. The monoisotopic (exact) mass is 352 g/mol. The molecule has 0 radical (unpaired) electrons. The highest BCUT2D eigenvalue weighted by Gasteiger charge is 2.24. The minimum absolute atomic E-state index is 0.122. The lowest BCUT2D eigenvalue weighted by molar-refractivity contribution is -0.130. The van der Waals surface area contributed by atoms with Crippen LogP contribution in [0.5, 0.6) is 0 Å². The van der Waals surface area contributed by atoms with Crippen LogP contribution in [0.15, 0.2) is 60.7 Å². The smallest absolute Gasteiger partial charge is 0.243 e. The Hall–Kier alpha value is -2.95. The van der Waals surface area contributed by atoms with Crippen LogP contribution in [0.3, 0.4) is 0 Å². The van der Waals surface area contributed by atoms with Crippen molar-refractivity contribution >= 4 is 17.6 Å². The summed E-state index contributed by atoms with van der Waals surface area (Å²) in [6.07, 6.45) is 0.780. The van der Waals surface area contributed by atoms with Gasteiger partial charge < -0.3 is 10.6 Å². The van der Waals surface area contributed by atoms with Gasteiger partial charge in [0, 0.05) is 13.3 Å². The Bertz CT molecular complexity index is 744. The van der Waals surface area contributed by atoms with Crippen molar-refractivity contribution in [3.05, 3.63) is 71.8 Å². The van der Waals surface area contributed by atoms with Gasteiger partial charge in [0.1, 0.15) is 6.04 Å². The third-order valence-electron chi connectivity index (χ3n) is 4.07. The van der Waals surface area contributed by atoms with Crippen molar-refractivity contribution in [2.24, 2.45) is 0 Å². The first-order chi connectivity index (χ1) is 12.5. The minimum atomic E-state index is -0.729. The summed E-state index contributed by atoms with van der Waals surface area (Å²) < 4.78 is 0. The van der Waals surface area contributed by atoms with Crippen LogP contribution < -0.4 is 10.6 Å². The van der Waals surface area contributed by atoms with Crippen molar-refractivity contribution in [3.63, 3.8) is 0 Å². The molecule has 0 aromatic heterocycles. The highest BCUT2D eigenvalue weighted by Crippen LogP contribution is 2.07. The first-order valence-electron chi connectivity index (χ1n) is 8.61. The van der Waals surface area contributed by atoms with Gasteiger partial charge in [-0.1, -0.05) is 60.7 Å². The highest BCUT2D eigenvalue weighted by atomic mass is 16.2. The molecule has 0 saturated carbocycles. The lowest BCUT2D eigenvalue weighted by Crippen LogP contribution is -2.52. The van der Waals surface area contributed by atoms with Gasteiger partial charge in [0.15, 0.2) is 5.78 Å². The molecule has 136 valence electrons. The van der Waals surface area contributed by atoms with E-state index in [2.05, 4.69) is 10.6 Å². The van der Waals surface area contributed by atoms with E-state index in [0.717, 1.165) is 11.1 Å². The number of carbonyl (C=O) groups excluding carboxylic acids is 3. The van der Waals surface area contributed by atoms with Crippen LogP contribution in [-0.4, -0.2) is 29.7 Å². The van der Waals surface area contributed by atoms with Gasteiger partial charge in [-0.3, -0.25) is 14.4 Å². The van der Waals surface area contributed by atoms with Crippen molar-refractivity contribution in [2.45, 2.75) is 38.8 Å². The number of nitrogens with one attached hydrogen (secondary N) is 2. The molecule has 2 N–H and O–H groups in total. The maximum Gasteiger partial charge on any atom is 0.243 e. The summed E-state index contributed by atoms with van der Waals surface area (Å²) in [6.45, 7) is 2.83. The van der Waals surface area contributed by atoms with Gasteiger partial charge in [-0.2, -0.15) is 0 Å². The number of ketones is 1. The molecule has 0 saturated heterocycles. The number of rotatable bonds is 8. The van der Waals surface area contributed by atoms with Crippen LogP contribution in [-0.2, 0) is 27.2 Å².